The second-order valence-electron chi connectivity index (χ2n) is 6.09. The Balaban J connectivity index is 1.82. The number of H-pyrrole nitrogens is 1. The van der Waals surface area contributed by atoms with Crippen molar-refractivity contribution in [2.24, 2.45) is 0 Å². The maximum Gasteiger partial charge on any atom is 0.347 e. The summed E-state index contributed by atoms with van der Waals surface area (Å²) in [5.41, 5.74) is 1.20. The molecule has 0 spiro atoms. The third-order valence-corrected chi connectivity index (χ3v) is 5.84. The van der Waals surface area contributed by atoms with Crippen LogP contribution in [0.4, 0.5) is 5.69 Å². The molecule has 0 radical (unpaired) electrons. The van der Waals surface area contributed by atoms with Gasteiger partial charge in [0.15, 0.2) is 4.83 Å². The summed E-state index contributed by atoms with van der Waals surface area (Å²) in [7, 11) is 0. The van der Waals surface area contributed by atoms with E-state index in [1.165, 1.54) is 23.1 Å². The quantitative estimate of drug-likeness (QED) is 0.287. The minimum absolute atomic E-state index is 0.0181. The van der Waals surface area contributed by atoms with Crippen LogP contribution in [-0.2, 0) is 11.3 Å². The van der Waals surface area contributed by atoms with Crippen LogP contribution in [0.25, 0.3) is 10.2 Å². The number of nitrogens with one attached hydrogen (secondary N) is 2. The van der Waals surface area contributed by atoms with E-state index < -0.39 is 0 Å². The Morgan fingerprint density at radius 1 is 1.41 bits per heavy atom. The van der Waals surface area contributed by atoms with Crippen LogP contribution in [0, 0.1) is 13.8 Å². The molecule has 0 aliphatic heterocycles. The topological polar surface area (TPSA) is 85.5 Å². The average molecular weight is 403 g/mol. The van der Waals surface area contributed by atoms with E-state index in [0.717, 1.165) is 15.3 Å². The molecule has 3 rings (SSSR count). The molecule has 0 aliphatic carbocycles. The number of thioether (sulfide) groups is 1. The number of anilines is 1. The maximum absolute atomic E-state index is 12.7. The predicted octanol–water partition coefficient (Wildman–Crippen LogP) is 3.12. The summed E-state index contributed by atoms with van der Waals surface area (Å²) in [6, 6.07) is 6.87. The van der Waals surface area contributed by atoms with Crippen LogP contribution in [0.1, 0.15) is 10.4 Å². The molecule has 0 atom stereocenters. The first-order chi connectivity index (χ1) is 12.9. The fourth-order valence-electron chi connectivity index (χ4n) is 2.65. The third-order valence-electron chi connectivity index (χ3n) is 3.87. The molecule has 0 bridgehead atoms. The van der Waals surface area contributed by atoms with Crippen molar-refractivity contribution >= 4 is 44.9 Å². The Morgan fingerprint density at radius 2 is 2.19 bits per heavy atom. The summed E-state index contributed by atoms with van der Waals surface area (Å²) in [6.07, 6.45) is 1.65. The number of benzene rings is 1. The van der Waals surface area contributed by atoms with Crippen LogP contribution in [0.3, 0.4) is 0 Å². The molecule has 0 fully saturated rings. The number of aryl methyl sites for hydroxylation is 2. The fraction of sp³-hybridized carbons (Fsp3) is 0.211. The Kier molecular flexibility index (Phi) is 5.67. The van der Waals surface area contributed by atoms with Crippen LogP contribution < -0.4 is 15.9 Å². The van der Waals surface area contributed by atoms with Gasteiger partial charge in [-0.25, -0.2) is 9.78 Å². The number of aromatic hydroxyl groups is 1. The number of carbonyl (C=O) groups is 1. The number of carbonyl (C=O) groups excluding carboxylic acids is 1. The van der Waals surface area contributed by atoms with Crippen LogP contribution in [0.5, 0.6) is 5.75 Å². The molecule has 1 aromatic carbocycles. The normalized spacial score (nSPS) is 10.9. The van der Waals surface area contributed by atoms with Gasteiger partial charge in [-0.05, 0) is 49.4 Å². The molecule has 3 aromatic rings. The fourth-order valence-corrected chi connectivity index (χ4v) is 4.44. The lowest BCUT2D eigenvalue weighted by atomic mass is 10.2. The molecule has 0 saturated heterocycles. The van der Waals surface area contributed by atoms with Crippen LogP contribution in [0.2, 0.25) is 0 Å². The first-order valence-electron chi connectivity index (χ1n) is 8.28. The molecule has 140 valence electrons. The summed E-state index contributed by atoms with van der Waals surface area (Å²) in [6.45, 7) is 7.88. The molecule has 6 nitrogen and oxygen atoms in total. The van der Waals surface area contributed by atoms with E-state index in [1.54, 1.807) is 28.8 Å². The monoisotopic (exact) mass is 402 g/mol. The van der Waals surface area contributed by atoms with Gasteiger partial charge in [0.05, 0.1) is 11.4 Å². The van der Waals surface area contributed by atoms with Crippen LogP contribution in [0.15, 0.2) is 46.9 Å². The highest BCUT2D eigenvalue weighted by Crippen LogP contribution is 2.25. The highest BCUT2D eigenvalue weighted by Gasteiger charge is 2.20. The zero-order valence-electron chi connectivity index (χ0n) is 15.0. The molecule has 0 saturated carbocycles. The minimum atomic E-state index is -0.269. The summed E-state index contributed by atoms with van der Waals surface area (Å²) >= 11 is 2.74. The number of rotatable bonds is 6. The van der Waals surface area contributed by atoms with E-state index in [4.69, 9.17) is 0 Å². The van der Waals surface area contributed by atoms with Crippen molar-refractivity contribution in [1.82, 2.24) is 4.57 Å². The number of allylic oxidation sites excluding steroid dienone is 1. The van der Waals surface area contributed by atoms with Crippen molar-refractivity contribution < 1.29 is 14.9 Å². The van der Waals surface area contributed by atoms with Gasteiger partial charge in [-0.2, -0.15) is 4.57 Å². The van der Waals surface area contributed by atoms with Crippen molar-refractivity contribution in [3.63, 3.8) is 0 Å². The molecule has 2 heterocycles. The second-order valence-corrected chi connectivity index (χ2v) is 8.31. The number of aromatic amines is 1. The number of phenols is 1. The highest BCUT2D eigenvalue weighted by atomic mass is 32.2. The van der Waals surface area contributed by atoms with Gasteiger partial charge in [-0.15, -0.1) is 0 Å². The molecule has 2 aromatic heterocycles. The standard InChI is InChI=1S/C19H19N3O3S2/c1-4-7-22-18(25)13-9-12(3)27-17(13)21-19(22)26-10-16(24)20-14-8-11(2)5-6-15(14)23/h4-6,8-9,23H,1,7,10H2,2-3H3,(H,20,24)/p+1. The van der Waals surface area contributed by atoms with Gasteiger partial charge in [-0.1, -0.05) is 30.1 Å². The smallest absolute Gasteiger partial charge is 0.347 e. The Hall–Kier alpha value is -2.58. The van der Waals surface area contributed by atoms with Gasteiger partial charge in [0.25, 0.3) is 0 Å². The first-order valence-corrected chi connectivity index (χ1v) is 10.1. The molecular formula is C19H20N3O3S2+. The lowest BCUT2D eigenvalue weighted by Crippen LogP contribution is -2.29. The number of amides is 1. The second kappa shape index (κ2) is 7.98. The van der Waals surface area contributed by atoms with Crippen LogP contribution >= 0.6 is 23.1 Å². The van der Waals surface area contributed by atoms with Crippen molar-refractivity contribution in [1.29, 1.82) is 0 Å². The minimum Gasteiger partial charge on any atom is -0.506 e. The molecule has 27 heavy (non-hydrogen) atoms. The maximum atomic E-state index is 12.7. The van der Waals surface area contributed by atoms with Crippen molar-refractivity contribution in [3.05, 3.63) is 57.7 Å². The molecule has 1 amide bonds. The molecular weight excluding hydrogens is 382 g/mol. The van der Waals surface area contributed by atoms with Crippen molar-refractivity contribution in [2.75, 3.05) is 11.1 Å². The van der Waals surface area contributed by atoms with Gasteiger partial charge in [0, 0.05) is 4.88 Å². The van der Waals surface area contributed by atoms with E-state index in [9.17, 15) is 14.7 Å². The zero-order valence-corrected chi connectivity index (χ0v) is 16.7. The highest BCUT2D eigenvalue weighted by molar-refractivity contribution is 7.99. The Morgan fingerprint density at radius 3 is 2.93 bits per heavy atom. The van der Waals surface area contributed by atoms with E-state index in [1.807, 2.05) is 19.9 Å². The largest absolute Gasteiger partial charge is 0.506 e. The summed E-state index contributed by atoms with van der Waals surface area (Å²) < 4.78 is 1.57. The number of aromatic nitrogens is 2. The number of fused-ring (bicyclic) bond motifs is 1. The lowest BCUT2D eigenvalue weighted by molar-refractivity contribution is -0.404. The zero-order chi connectivity index (χ0) is 19.6. The van der Waals surface area contributed by atoms with Crippen molar-refractivity contribution in [3.8, 4) is 5.75 Å². The SMILES string of the molecule is C=CCn1c(SCC(=O)Nc2cc(C)ccc2O)[nH+]c2sc(C)cc2c1=O. The van der Waals surface area contributed by atoms with Gasteiger partial charge < -0.3 is 10.4 Å². The third kappa shape index (κ3) is 4.23. The van der Waals surface area contributed by atoms with E-state index >= 15 is 0 Å². The predicted molar refractivity (Wildman–Crippen MR) is 110 cm³/mol. The summed E-state index contributed by atoms with van der Waals surface area (Å²) in [5, 5.41) is 13.8. The first kappa shape index (κ1) is 19.2. The average Bonchev–Trinajstić information content (AvgIpc) is 3.00. The number of hydrogen-bond donors (Lipinski definition) is 2. The molecule has 0 unspecified atom stereocenters. The molecule has 0 aliphatic rings. The number of phenolic OH excluding ortho intramolecular Hbond substituents is 1. The van der Waals surface area contributed by atoms with E-state index in [2.05, 4.69) is 16.9 Å². The summed E-state index contributed by atoms with van der Waals surface area (Å²) in [5.74, 6) is -0.157. The number of hydrogen-bond acceptors (Lipinski definition) is 5. The summed E-state index contributed by atoms with van der Waals surface area (Å²) in [4.78, 5) is 30.1. The Bertz CT molecular complexity index is 1090. The van der Waals surface area contributed by atoms with Gasteiger partial charge in [0.2, 0.25) is 5.91 Å². The Labute approximate surface area is 164 Å². The van der Waals surface area contributed by atoms with E-state index in [-0.39, 0.29) is 23.0 Å². The van der Waals surface area contributed by atoms with Gasteiger partial charge in [-0.3, -0.25) is 4.79 Å². The molecule has 8 heteroatoms. The lowest BCUT2D eigenvalue weighted by Gasteiger charge is -2.08. The number of thiophene rings is 1. The van der Waals surface area contributed by atoms with Crippen molar-refractivity contribution in [2.45, 2.75) is 25.5 Å². The van der Waals surface area contributed by atoms with E-state index in [0.29, 0.717) is 22.8 Å². The number of nitrogens with zero attached hydrogens (tertiary/aromatic N) is 1. The molecule has 3 N–H and O–H groups in total. The van der Waals surface area contributed by atoms with Gasteiger partial charge >= 0.3 is 10.7 Å². The van der Waals surface area contributed by atoms with Crippen LogP contribution in [-0.4, -0.2) is 21.3 Å². The van der Waals surface area contributed by atoms with Gasteiger partial charge in [0.1, 0.15) is 17.7 Å².